The van der Waals surface area contributed by atoms with Gasteiger partial charge in [-0.05, 0) is 42.8 Å². The van der Waals surface area contributed by atoms with E-state index in [-0.39, 0.29) is 11.7 Å². The number of benzene rings is 1. The van der Waals surface area contributed by atoms with Crippen LogP contribution in [0.25, 0.3) is 0 Å². The first-order valence-electron chi connectivity index (χ1n) is 8.12. The second-order valence-electron chi connectivity index (χ2n) is 5.76. The Hall–Kier alpha value is -3.54. The van der Waals surface area contributed by atoms with Gasteiger partial charge in [-0.15, -0.1) is 0 Å². The van der Waals surface area contributed by atoms with Crippen molar-refractivity contribution in [1.29, 1.82) is 0 Å². The number of nitrogens with one attached hydrogen (secondary N) is 2. The Labute approximate surface area is 151 Å². The van der Waals surface area contributed by atoms with Crippen molar-refractivity contribution in [2.45, 2.75) is 13.5 Å². The number of nitrogens with zero attached hydrogens (tertiary/aromatic N) is 2. The van der Waals surface area contributed by atoms with Crippen molar-refractivity contribution in [1.82, 2.24) is 9.97 Å². The molecule has 6 heteroatoms. The molecule has 0 aliphatic carbocycles. The Balaban J connectivity index is 1.68. The zero-order valence-electron chi connectivity index (χ0n) is 14.3. The van der Waals surface area contributed by atoms with Gasteiger partial charge < -0.3 is 10.6 Å². The minimum Gasteiger partial charge on any atom is -0.380 e. The van der Waals surface area contributed by atoms with Gasteiger partial charge in [0.15, 0.2) is 5.78 Å². The molecule has 0 unspecified atom stereocenters. The molecule has 1 amide bonds. The molecule has 0 saturated carbocycles. The molecule has 1 aromatic carbocycles. The molecule has 0 bridgehead atoms. The van der Waals surface area contributed by atoms with E-state index in [4.69, 9.17) is 0 Å². The normalized spacial score (nSPS) is 10.2. The van der Waals surface area contributed by atoms with Gasteiger partial charge in [-0.25, -0.2) is 0 Å². The summed E-state index contributed by atoms with van der Waals surface area (Å²) in [6.07, 6.45) is 6.62. The molecule has 0 radical (unpaired) electrons. The zero-order chi connectivity index (χ0) is 18.4. The summed E-state index contributed by atoms with van der Waals surface area (Å²) >= 11 is 0. The number of anilines is 2. The van der Waals surface area contributed by atoms with E-state index in [0.717, 1.165) is 11.3 Å². The van der Waals surface area contributed by atoms with Gasteiger partial charge in [0.1, 0.15) is 0 Å². The van der Waals surface area contributed by atoms with E-state index < -0.39 is 0 Å². The summed E-state index contributed by atoms with van der Waals surface area (Å²) in [4.78, 5) is 32.0. The molecule has 6 nitrogen and oxygen atoms in total. The lowest BCUT2D eigenvalue weighted by Gasteiger charge is -2.09. The van der Waals surface area contributed by atoms with E-state index >= 15 is 0 Å². The van der Waals surface area contributed by atoms with Crippen LogP contribution in [-0.4, -0.2) is 21.7 Å². The van der Waals surface area contributed by atoms with Crippen molar-refractivity contribution < 1.29 is 9.59 Å². The Bertz CT molecular complexity index is 926. The van der Waals surface area contributed by atoms with Crippen LogP contribution in [0.5, 0.6) is 0 Å². The summed E-state index contributed by atoms with van der Waals surface area (Å²) in [5.41, 5.74) is 3.37. The lowest BCUT2D eigenvalue weighted by molar-refractivity contribution is 0.101. The maximum Gasteiger partial charge on any atom is 0.257 e. The number of carbonyl (C=O) groups is 2. The Morgan fingerprint density at radius 3 is 2.46 bits per heavy atom. The maximum atomic E-state index is 12.4. The molecule has 0 spiro atoms. The Morgan fingerprint density at radius 2 is 1.69 bits per heavy atom. The second kappa shape index (κ2) is 8.02. The topological polar surface area (TPSA) is 84.0 Å². The van der Waals surface area contributed by atoms with Crippen LogP contribution in [0, 0.1) is 0 Å². The fraction of sp³-hybridized carbons (Fsp3) is 0.100. The first kappa shape index (κ1) is 17.3. The third kappa shape index (κ3) is 4.51. The van der Waals surface area contributed by atoms with Crippen LogP contribution in [0.3, 0.4) is 0 Å². The van der Waals surface area contributed by atoms with Crippen LogP contribution in [0.15, 0.2) is 67.3 Å². The smallest absolute Gasteiger partial charge is 0.257 e. The van der Waals surface area contributed by atoms with E-state index in [2.05, 4.69) is 20.6 Å². The fourth-order valence-corrected chi connectivity index (χ4v) is 2.38. The molecule has 3 aromatic rings. The number of hydrogen-bond acceptors (Lipinski definition) is 5. The average Bonchev–Trinajstić information content (AvgIpc) is 2.67. The molecule has 130 valence electrons. The molecule has 3 rings (SSSR count). The van der Waals surface area contributed by atoms with E-state index in [1.54, 1.807) is 48.9 Å². The monoisotopic (exact) mass is 346 g/mol. The lowest BCUT2D eigenvalue weighted by atomic mass is 10.1. The van der Waals surface area contributed by atoms with Crippen LogP contribution in [-0.2, 0) is 6.54 Å². The fourth-order valence-electron chi connectivity index (χ4n) is 2.38. The van der Waals surface area contributed by atoms with E-state index in [0.29, 0.717) is 23.4 Å². The molecule has 0 aliphatic heterocycles. The zero-order valence-corrected chi connectivity index (χ0v) is 14.3. The van der Waals surface area contributed by atoms with Crippen LogP contribution >= 0.6 is 0 Å². The predicted octanol–water partition coefficient (Wildman–Crippen LogP) is 3.54. The van der Waals surface area contributed by atoms with Crippen molar-refractivity contribution in [3.05, 3.63) is 83.9 Å². The highest BCUT2D eigenvalue weighted by molar-refractivity contribution is 6.05. The van der Waals surface area contributed by atoms with E-state index in [1.807, 2.05) is 12.1 Å². The van der Waals surface area contributed by atoms with Gasteiger partial charge in [-0.3, -0.25) is 19.6 Å². The van der Waals surface area contributed by atoms with Crippen molar-refractivity contribution >= 4 is 23.1 Å². The van der Waals surface area contributed by atoms with Gasteiger partial charge in [-0.2, -0.15) is 0 Å². The SMILES string of the molecule is CC(=O)c1cccc(NC(=O)c2cncc(NCc3ccncc3)c2)c1. The lowest BCUT2D eigenvalue weighted by Crippen LogP contribution is -2.13. The third-order valence-corrected chi connectivity index (χ3v) is 3.77. The van der Waals surface area contributed by atoms with Gasteiger partial charge in [0.25, 0.3) is 5.91 Å². The number of ketones is 1. The number of hydrogen-bond donors (Lipinski definition) is 2. The molecule has 2 aromatic heterocycles. The minimum atomic E-state index is -0.286. The van der Waals surface area contributed by atoms with Gasteiger partial charge in [0.2, 0.25) is 0 Å². The summed E-state index contributed by atoms with van der Waals surface area (Å²) in [5, 5.41) is 6.02. The van der Waals surface area contributed by atoms with Crippen molar-refractivity contribution in [3.8, 4) is 0 Å². The van der Waals surface area contributed by atoms with Gasteiger partial charge in [0.05, 0.1) is 11.3 Å². The highest BCUT2D eigenvalue weighted by Crippen LogP contribution is 2.15. The number of pyridine rings is 2. The highest BCUT2D eigenvalue weighted by Gasteiger charge is 2.09. The summed E-state index contributed by atoms with van der Waals surface area (Å²) in [7, 11) is 0. The second-order valence-corrected chi connectivity index (χ2v) is 5.76. The van der Waals surface area contributed by atoms with Crippen LogP contribution in [0.2, 0.25) is 0 Å². The third-order valence-electron chi connectivity index (χ3n) is 3.77. The number of carbonyl (C=O) groups excluding carboxylic acids is 2. The standard InChI is InChI=1S/C20H18N4O2/c1-14(25)16-3-2-4-18(9-16)24-20(26)17-10-19(13-22-12-17)23-11-15-5-7-21-8-6-15/h2-10,12-13,23H,11H2,1H3,(H,24,26). The quantitative estimate of drug-likeness (QED) is 0.667. The van der Waals surface area contributed by atoms with E-state index in [1.165, 1.54) is 13.1 Å². The largest absolute Gasteiger partial charge is 0.380 e. The first-order valence-corrected chi connectivity index (χ1v) is 8.12. The van der Waals surface area contributed by atoms with Gasteiger partial charge in [0, 0.05) is 42.6 Å². The molecule has 0 fully saturated rings. The summed E-state index contributed by atoms with van der Waals surface area (Å²) in [6.45, 7) is 2.10. The Morgan fingerprint density at radius 1 is 0.923 bits per heavy atom. The van der Waals surface area contributed by atoms with Crippen molar-refractivity contribution in [2.75, 3.05) is 10.6 Å². The number of Topliss-reactive ketones (excluding diaryl/α,β-unsaturated/α-hetero) is 1. The highest BCUT2D eigenvalue weighted by atomic mass is 16.1. The molecule has 2 heterocycles. The number of amides is 1. The maximum absolute atomic E-state index is 12.4. The molecule has 0 saturated heterocycles. The molecule has 2 N–H and O–H groups in total. The molecule has 0 atom stereocenters. The van der Waals surface area contributed by atoms with Crippen LogP contribution < -0.4 is 10.6 Å². The molecular weight excluding hydrogens is 328 g/mol. The van der Waals surface area contributed by atoms with Gasteiger partial charge in [-0.1, -0.05) is 12.1 Å². The molecular formula is C20H18N4O2. The van der Waals surface area contributed by atoms with E-state index in [9.17, 15) is 9.59 Å². The minimum absolute atomic E-state index is 0.0509. The molecule has 0 aliphatic rings. The first-order chi connectivity index (χ1) is 12.6. The predicted molar refractivity (Wildman–Crippen MR) is 100 cm³/mol. The number of aromatic nitrogens is 2. The van der Waals surface area contributed by atoms with Crippen LogP contribution in [0.4, 0.5) is 11.4 Å². The summed E-state index contributed by atoms with van der Waals surface area (Å²) < 4.78 is 0. The number of rotatable bonds is 6. The average molecular weight is 346 g/mol. The van der Waals surface area contributed by atoms with Crippen molar-refractivity contribution in [2.24, 2.45) is 0 Å². The Kier molecular flexibility index (Phi) is 5.34. The summed E-state index contributed by atoms with van der Waals surface area (Å²) in [6, 6.07) is 12.4. The summed E-state index contributed by atoms with van der Waals surface area (Å²) in [5.74, 6) is -0.337. The van der Waals surface area contributed by atoms with Gasteiger partial charge >= 0.3 is 0 Å². The molecule has 26 heavy (non-hydrogen) atoms. The van der Waals surface area contributed by atoms with Crippen LogP contribution in [0.1, 0.15) is 33.2 Å². The van der Waals surface area contributed by atoms with Crippen molar-refractivity contribution in [3.63, 3.8) is 0 Å².